The maximum Gasteiger partial charge on any atom is 0.238 e. The Labute approximate surface area is 122 Å². The summed E-state index contributed by atoms with van der Waals surface area (Å²) in [6.07, 6.45) is 0.787. The van der Waals surface area contributed by atoms with Crippen LogP contribution >= 0.6 is 15.9 Å². The molecule has 106 valence electrons. The minimum Gasteiger partial charge on any atom is -0.508 e. The molecule has 2 unspecified atom stereocenters. The average molecular weight is 329 g/mol. The summed E-state index contributed by atoms with van der Waals surface area (Å²) in [5, 5.41) is 13.2. The van der Waals surface area contributed by atoms with Crippen LogP contribution in [0.15, 0.2) is 22.7 Å². The number of nitrogens with zero attached hydrogens (tertiary/aromatic N) is 1. The zero-order valence-electron chi connectivity index (χ0n) is 11.8. The van der Waals surface area contributed by atoms with Gasteiger partial charge in [0.05, 0.1) is 6.04 Å². The van der Waals surface area contributed by atoms with Gasteiger partial charge < -0.3 is 10.0 Å². The largest absolute Gasteiger partial charge is 0.508 e. The van der Waals surface area contributed by atoms with Gasteiger partial charge in [0.15, 0.2) is 0 Å². The Kier molecular flexibility index (Phi) is 5.82. The number of phenols is 1. The molecule has 0 radical (unpaired) electrons. The predicted molar refractivity (Wildman–Crippen MR) is 80.1 cm³/mol. The molecule has 2 atom stereocenters. The van der Waals surface area contributed by atoms with Crippen LogP contribution < -0.4 is 5.32 Å². The van der Waals surface area contributed by atoms with Crippen molar-refractivity contribution in [3.8, 4) is 5.75 Å². The van der Waals surface area contributed by atoms with Gasteiger partial charge in [-0.2, -0.15) is 0 Å². The molecule has 0 spiro atoms. The highest BCUT2D eigenvalue weighted by Crippen LogP contribution is 2.29. The first-order chi connectivity index (χ1) is 8.86. The number of amides is 1. The van der Waals surface area contributed by atoms with Crippen LogP contribution in [0, 0.1) is 0 Å². The first kappa shape index (κ1) is 16.0. The van der Waals surface area contributed by atoms with E-state index in [4.69, 9.17) is 0 Å². The Morgan fingerprint density at radius 3 is 2.63 bits per heavy atom. The lowest BCUT2D eigenvalue weighted by Crippen LogP contribution is -2.43. The molecule has 0 aliphatic carbocycles. The lowest BCUT2D eigenvalue weighted by Gasteiger charge is -2.25. The molecule has 1 aromatic carbocycles. The van der Waals surface area contributed by atoms with Crippen molar-refractivity contribution in [2.75, 3.05) is 14.1 Å². The third-order valence-corrected chi connectivity index (χ3v) is 3.53. The molecule has 0 saturated heterocycles. The first-order valence-electron chi connectivity index (χ1n) is 6.32. The summed E-state index contributed by atoms with van der Waals surface area (Å²) in [6, 6.07) is 4.97. The Morgan fingerprint density at radius 1 is 1.47 bits per heavy atom. The van der Waals surface area contributed by atoms with Gasteiger partial charge in [0.1, 0.15) is 5.75 Å². The second-order valence-corrected chi connectivity index (χ2v) is 5.70. The van der Waals surface area contributed by atoms with Crippen molar-refractivity contribution in [1.29, 1.82) is 0 Å². The van der Waals surface area contributed by atoms with Gasteiger partial charge >= 0.3 is 0 Å². The van der Waals surface area contributed by atoms with E-state index in [0.717, 1.165) is 16.5 Å². The van der Waals surface area contributed by atoms with Gasteiger partial charge in [-0.1, -0.05) is 22.9 Å². The molecule has 1 amide bonds. The molecular weight excluding hydrogens is 308 g/mol. The van der Waals surface area contributed by atoms with E-state index in [1.54, 1.807) is 31.1 Å². The van der Waals surface area contributed by atoms with E-state index in [9.17, 15) is 9.90 Å². The molecule has 2 N–H and O–H groups in total. The van der Waals surface area contributed by atoms with E-state index in [1.165, 1.54) is 0 Å². The van der Waals surface area contributed by atoms with E-state index in [-0.39, 0.29) is 23.7 Å². The zero-order chi connectivity index (χ0) is 14.6. The van der Waals surface area contributed by atoms with E-state index in [0.29, 0.717) is 0 Å². The zero-order valence-corrected chi connectivity index (χ0v) is 13.4. The third kappa shape index (κ3) is 4.21. The Hall–Kier alpha value is -1.07. The molecule has 0 bridgehead atoms. The van der Waals surface area contributed by atoms with E-state index >= 15 is 0 Å². The number of phenolic OH excluding ortho intramolecular Hbond substituents is 1. The average Bonchev–Trinajstić information content (AvgIpc) is 2.37. The third-order valence-electron chi connectivity index (χ3n) is 3.04. The van der Waals surface area contributed by atoms with Gasteiger partial charge in [0.25, 0.3) is 0 Å². The van der Waals surface area contributed by atoms with Crippen molar-refractivity contribution in [2.24, 2.45) is 0 Å². The molecule has 1 rings (SSSR count). The number of carbonyl (C=O) groups is 1. The van der Waals surface area contributed by atoms with Crippen molar-refractivity contribution in [3.63, 3.8) is 0 Å². The van der Waals surface area contributed by atoms with Gasteiger partial charge in [-0.25, -0.2) is 0 Å². The Morgan fingerprint density at radius 2 is 2.11 bits per heavy atom. The predicted octanol–water partition coefficient (Wildman–Crippen LogP) is 2.67. The Balaban J connectivity index is 2.89. The smallest absolute Gasteiger partial charge is 0.238 e. The van der Waals surface area contributed by atoms with Crippen LogP contribution in [-0.2, 0) is 4.79 Å². The minimum atomic E-state index is -0.293. The van der Waals surface area contributed by atoms with Crippen molar-refractivity contribution in [2.45, 2.75) is 32.4 Å². The van der Waals surface area contributed by atoms with E-state index < -0.39 is 0 Å². The van der Waals surface area contributed by atoms with Crippen molar-refractivity contribution < 1.29 is 9.90 Å². The maximum atomic E-state index is 11.9. The summed E-state index contributed by atoms with van der Waals surface area (Å²) >= 11 is 3.40. The molecule has 0 saturated carbocycles. The van der Waals surface area contributed by atoms with Crippen LogP contribution in [0.25, 0.3) is 0 Å². The van der Waals surface area contributed by atoms with Crippen LogP contribution in [0.4, 0.5) is 0 Å². The van der Waals surface area contributed by atoms with Crippen molar-refractivity contribution in [3.05, 3.63) is 28.2 Å². The Bertz CT molecular complexity index is 449. The summed E-state index contributed by atoms with van der Waals surface area (Å²) < 4.78 is 0.909. The number of rotatable bonds is 5. The van der Waals surface area contributed by atoms with Crippen LogP contribution in [0.5, 0.6) is 5.75 Å². The number of halogens is 1. The number of nitrogens with one attached hydrogen (secondary N) is 1. The molecule has 4 nitrogen and oxygen atoms in total. The normalized spacial score (nSPS) is 13.9. The molecule has 0 aliphatic rings. The number of aromatic hydroxyl groups is 1. The summed E-state index contributed by atoms with van der Waals surface area (Å²) in [7, 11) is 3.47. The number of hydrogen-bond donors (Lipinski definition) is 2. The number of likely N-dealkylation sites (N-methyl/N-ethyl adjacent to an activating group) is 1. The highest BCUT2D eigenvalue weighted by atomic mass is 79.9. The van der Waals surface area contributed by atoms with Crippen LogP contribution in [-0.4, -0.2) is 36.1 Å². The summed E-state index contributed by atoms with van der Waals surface area (Å²) in [6.45, 7) is 3.85. The molecule has 0 fully saturated rings. The van der Waals surface area contributed by atoms with E-state index in [1.807, 2.05) is 19.9 Å². The fourth-order valence-electron chi connectivity index (χ4n) is 1.99. The number of carbonyl (C=O) groups excluding carboxylic acids is 1. The summed E-state index contributed by atoms with van der Waals surface area (Å²) in [5.41, 5.74) is 0.801. The standard InChI is InChI=1S/C14H21BrN2O2/c1-5-12(16-9(2)14(19)17(3)4)11-8-10(15)6-7-13(11)18/h6-9,12,16,18H,5H2,1-4H3. The molecule has 5 heteroatoms. The quantitative estimate of drug-likeness (QED) is 0.873. The second-order valence-electron chi connectivity index (χ2n) is 4.78. The van der Waals surface area contributed by atoms with Crippen LogP contribution in [0.1, 0.15) is 31.9 Å². The maximum absolute atomic E-state index is 11.9. The topological polar surface area (TPSA) is 52.6 Å². The number of hydrogen-bond acceptors (Lipinski definition) is 3. The molecule has 19 heavy (non-hydrogen) atoms. The van der Waals surface area contributed by atoms with E-state index in [2.05, 4.69) is 21.2 Å². The SMILES string of the molecule is CCC(NC(C)C(=O)N(C)C)c1cc(Br)ccc1O. The molecule has 0 aliphatic heterocycles. The van der Waals surface area contributed by atoms with Crippen molar-refractivity contribution in [1.82, 2.24) is 10.2 Å². The number of benzene rings is 1. The first-order valence-corrected chi connectivity index (χ1v) is 7.11. The fraction of sp³-hybridized carbons (Fsp3) is 0.500. The van der Waals surface area contributed by atoms with Crippen LogP contribution in [0.2, 0.25) is 0 Å². The molecule has 0 aromatic heterocycles. The minimum absolute atomic E-state index is 0.0212. The van der Waals surface area contributed by atoms with Crippen molar-refractivity contribution >= 4 is 21.8 Å². The highest BCUT2D eigenvalue weighted by molar-refractivity contribution is 9.10. The molecular formula is C14H21BrN2O2. The highest BCUT2D eigenvalue weighted by Gasteiger charge is 2.21. The van der Waals surface area contributed by atoms with Gasteiger partial charge in [-0.15, -0.1) is 0 Å². The summed E-state index contributed by atoms with van der Waals surface area (Å²) in [5.74, 6) is 0.264. The lowest BCUT2D eigenvalue weighted by atomic mass is 10.0. The monoisotopic (exact) mass is 328 g/mol. The van der Waals surface area contributed by atoms with Gasteiger partial charge in [-0.3, -0.25) is 10.1 Å². The fourth-order valence-corrected chi connectivity index (χ4v) is 2.37. The second kappa shape index (κ2) is 6.91. The van der Waals surface area contributed by atoms with Gasteiger partial charge in [0, 0.05) is 30.2 Å². The van der Waals surface area contributed by atoms with Crippen LogP contribution in [0.3, 0.4) is 0 Å². The summed E-state index contributed by atoms with van der Waals surface area (Å²) in [4.78, 5) is 13.4. The molecule has 1 aromatic rings. The van der Waals surface area contributed by atoms with Gasteiger partial charge in [0.2, 0.25) is 5.91 Å². The lowest BCUT2D eigenvalue weighted by molar-refractivity contribution is -0.130. The molecule has 0 heterocycles. The van der Waals surface area contributed by atoms with Gasteiger partial charge in [-0.05, 0) is 31.5 Å².